The van der Waals surface area contributed by atoms with Crippen LogP contribution in [-0.4, -0.2) is 41.0 Å². The maximum Gasteiger partial charge on any atom is 0.0946 e. The predicted molar refractivity (Wildman–Crippen MR) is 58.0 cm³/mol. The van der Waals surface area contributed by atoms with E-state index in [1.807, 2.05) is 13.8 Å². The SMILES string of the molecule is CCC(O)C(N)C(C)(O)C(CC)NC. The van der Waals surface area contributed by atoms with E-state index >= 15 is 0 Å². The molecule has 0 heterocycles. The summed E-state index contributed by atoms with van der Waals surface area (Å²) >= 11 is 0. The van der Waals surface area contributed by atoms with E-state index in [4.69, 9.17) is 5.73 Å². The fraction of sp³-hybridized carbons (Fsp3) is 1.00. The van der Waals surface area contributed by atoms with Crippen LogP contribution in [0.1, 0.15) is 33.6 Å². The molecular formula is C10H24N2O2. The van der Waals surface area contributed by atoms with Gasteiger partial charge >= 0.3 is 0 Å². The summed E-state index contributed by atoms with van der Waals surface area (Å²) < 4.78 is 0. The lowest BCUT2D eigenvalue weighted by molar-refractivity contribution is -0.0450. The first kappa shape index (κ1) is 13.8. The van der Waals surface area contributed by atoms with Crippen LogP contribution < -0.4 is 11.1 Å². The molecular weight excluding hydrogens is 180 g/mol. The number of hydrogen-bond acceptors (Lipinski definition) is 4. The van der Waals surface area contributed by atoms with Gasteiger partial charge in [-0.1, -0.05) is 13.8 Å². The van der Waals surface area contributed by atoms with Crippen molar-refractivity contribution in [3.63, 3.8) is 0 Å². The summed E-state index contributed by atoms with van der Waals surface area (Å²) in [6, 6.07) is -0.719. The first-order valence-corrected chi connectivity index (χ1v) is 5.25. The van der Waals surface area contributed by atoms with Crippen LogP contribution in [0, 0.1) is 0 Å². The maximum atomic E-state index is 10.2. The first-order chi connectivity index (χ1) is 6.41. The van der Waals surface area contributed by atoms with Crippen molar-refractivity contribution in [3.05, 3.63) is 0 Å². The highest BCUT2D eigenvalue weighted by Crippen LogP contribution is 2.19. The van der Waals surface area contributed by atoms with E-state index in [1.54, 1.807) is 14.0 Å². The number of rotatable bonds is 6. The molecule has 5 N–H and O–H groups in total. The lowest BCUT2D eigenvalue weighted by Gasteiger charge is -2.39. The van der Waals surface area contributed by atoms with Crippen molar-refractivity contribution in [2.75, 3.05) is 7.05 Å². The zero-order valence-electron chi connectivity index (χ0n) is 9.62. The van der Waals surface area contributed by atoms with Gasteiger partial charge in [-0.05, 0) is 26.8 Å². The average molecular weight is 204 g/mol. The van der Waals surface area contributed by atoms with Crippen LogP contribution in [-0.2, 0) is 0 Å². The molecule has 0 saturated carbocycles. The third-order valence-corrected chi connectivity index (χ3v) is 2.97. The highest BCUT2D eigenvalue weighted by atomic mass is 16.3. The van der Waals surface area contributed by atoms with Gasteiger partial charge in [-0.15, -0.1) is 0 Å². The molecule has 4 unspecified atom stereocenters. The van der Waals surface area contributed by atoms with Gasteiger partial charge in [-0.25, -0.2) is 0 Å². The number of aliphatic hydroxyl groups excluding tert-OH is 1. The third-order valence-electron chi connectivity index (χ3n) is 2.97. The molecule has 0 amide bonds. The van der Waals surface area contributed by atoms with E-state index < -0.39 is 17.7 Å². The van der Waals surface area contributed by atoms with E-state index in [0.717, 1.165) is 6.42 Å². The fourth-order valence-electron chi connectivity index (χ4n) is 1.79. The quantitative estimate of drug-likeness (QED) is 0.484. The Balaban J connectivity index is 4.56. The van der Waals surface area contributed by atoms with Crippen LogP contribution in [0.25, 0.3) is 0 Å². The number of nitrogens with one attached hydrogen (secondary N) is 1. The minimum absolute atomic E-state index is 0.0984. The Morgan fingerprint density at radius 2 is 1.86 bits per heavy atom. The topological polar surface area (TPSA) is 78.5 Å². The van der Waals surface area contributed by atoms with Crippen molar-refractivity contribution in [1.29, 1.82) is 0 Å². The zero-order valence-corrected chi connectivity index (χ0v) is 9.62. The molecule has 0 aliphatic carbocycles. The summed E-state index contributed by atoms with van der Waals surface area (Å²) in [6.45, 7) is 5.49. The van der Waals surface area contributed by atoms with Gasteiger partial charge in [0, 0.05) is 6.04 Å². The highest BCUT2D eigenvalue weighted by molar-refractivity contribution is 4.97. The standard InChI is InChI=1S/C10H24N2O2/c1-5-7(13)9(11)10(3,14)8(6-2)12-4/h7-9,12-14H,5-6,11H2,1-4H3. The second kappa shape index (κ2) is 5.66. The van der Waals surface area contributed by atoms with Gasteiger partial charge in [0.15, 0.2) is 0 Å². The molecule has 0 aliphatic heterocycles. The van der Waals surface area contributed by atoms with Crippen molar-refractivity contribution in [2.45, 2.75) is 57.4 Å². The molecule has 0 fully saturated rings. The monoisotopic (exact) mass is 204 g/mol. The normalized spacial score (nSPS) is 22.5. The van der Waals surface area contributed by atoms with Crippen molar-refractivity contribution >= 4 is 0 Å². The van der Waals surface area contributed by atoms with Crippen molar-refractivity contribution < 1.29 is 10.2 Å². The molecule has 0 aliphatic rings. The molecule has 0 rings (SSSR count). The lowest BCUT2D eigenvalue weighted by atomic mass is 9.83. The van der Waals surface area contributed by atoms with Gasteiger partial charge in [-0.2, -0.15) is 0 Å². The summed E-state index contributed by atoms with van der Waals surface area (Å²) in [5.74, 6) is 0. The Hall–Kier alpha value is -0.160. The van der Waals surface area contributed by atoms with Crippen LogP contribution >= 0.6 is 0 Å². The second-order valence-corrected chi connectivity index (χ2v) is 3.98. The third kappa shape index (κ3) is 2.92. The lowest BCUT2D eigenvalue weighted by Crippen LogP contribution is -2.62. The van der Waals surface area contributed by atoms with E-state index in [0.29, 0.717) is 6.42 Å². The molecule has 4 atom stereocenters. The summed E-state index contributed by atoms with van der Waals surface area (Å²) in [7, 11) is 1.79. The van der Waals surface area contributed by atoms with Crippen LogP contribution in [0.5, 0.6) is 0 Å². The summed E-state index contributed by atoms with van der Waals surface area (Å²) in [6.07, 6.45) is 0.665. The Kier molecular flexibility index (Phi) is 5.59. The number of likely N-dealkylation sites (N-methyl/N-ethyl adjacent to an activating group) is 1. The Morgan fingerprint density at radius 1 is 1.36 bits per heavy atom. The van der Waals surface area contributed by atoms with E-state index in [1.165, 1.54) is 0 Å². The highest BCUT2D eigenvalue weighted by Gasteiger charge is 2.39. The number of nitrogens with two attached hydrogens (primary N) is 1. The van der Waals surface area contributed by atoms with Gasteiger partial charge in [0.25, 0.3) is 0 Å². The minimum Gasteiger partial charge on any atom is -0.391 e. The smallest absolute Gasteiger partial charge is 0.0946 e. The molecule has 0 aromatic carbocycles. The van der Waals surface area contributed by atoms with Crippen molar-refractivity contribution in [1.82, 2.24) is 5.32 Å². The van der Waals surface area contributed by atoms with Crippen molar-refractivity contribution in [2.24, 2.45) is 5.73 Å². The largest absolute Gasteiger partial charge is 0.391 e. The fourth-order valence-corrected chi connectivity index (χ4v) is 1.79. The second-order valence-electron chi connectivity index (χ2n) is 3.98. The molecule has 14 heavy (non-hydrogen) atoms. The Morgan fingerprint density at radius 3 is 2.14 bits per heavy atom. The van der Waals surface area contributed by atoms with Gasteiger partial charge in [0.2, 0.25) is 0 Å². The van der Waals surface area contributed by atoms with E-state index in [9.17, 15) is 10.2 Å². The molecule has 4 heteroatoms. The first-order valence-electron chi connectivity index (χ1n) is 5.25. The summed E-state index contributed by atoms with van der Waals surface area (Å²) in [4.78, 5) is 0. The molecule has 0 bridgehead atoms. The molecule has 0 spiro atoms. The Bertz CT molecular complexity index is 158. The summed E-state index contributed by atoms with van der Waals surface area (Å²) in [5, 5.41) is 22.8. The van der Waals surface area contributed by atoms with E-state index in [2.05, 4.69) is 5.32 Å². The van der Waals surface area contributed by atoms with Crippen LogP contribution in [0.2, 0.25) is 0 Å². The minimum atomic E-state index is -1.08. The summed E-state index contributed by atoms with van der Waals surface area (Å²) in [5.41, 5.74) is 4.73. The van der Waals surface area contributed by atoms with Gasteiger partial charge < -0.3 is 21.3 Å². The van der Waals surface area contributed by atoms with Crippen LogP contribution in [0.3, 0.4) is 0 Å². The number of aliphatic hydroxyl groups is 2. The van der Waals surface area contributed by atoms with Crippen LogP contribution in [0.15, 0.2) is 0 Å². The molecule has 0 radical (unpaired) electrons. The maximum absolute atomic E-state index is 10.2. The van der Waals surface area contributed by atoms with Crippen LogP contribution in [0.4, 0.5) is 0 Å². The van der Waals surface area contributed by atoms with E-state index in [-0.39, 0.29) is 6.04 Å². The molecule has 4 nitrogen and oxygen atoms in total. The molecule has 0 aromatic heterocycles. The average Bonchev–Trinajstić information content (AvgIpc) is 2.16. The molecule has 0 aromatic rings. The van der Waals surface area contributed by atoms with Crippen molar-refractivity contribution in [3.8, 4) is 0 Å². The molecule has 86 valence electrons. The van der Waals surface area contributed by atoms with Gasteiger partial charge in [-0.3, -0.25) is 0 Å². The van der Waals surface area contributed by atoms with Gasteiger partial charge in [0.05, 0.1) is 17.7 Å². The zero-order chi connectivity index (χ0) is 11.4. The molecule has 0 saturated heterocycles. The van der Waals surface area contributed by atoms with Gasteiger partial charge in [0.1, 0.15) is 0 Å². The number of hydrogen-bond donors (Lipinski definition) is 4. The predicted octanol–water partition coefficient (Wildman–Crippen LogP) is -0.166. The Labute approximate surface area is 86.5 Å².